The molecule has 2 nitrogen and oxygen atoms in total. The molecule has 16 heavy (non-hydrogen) atoms. The van der Waals surface area contributed by atoms with E-state index in [2.05, 4.69) is 25.8 Å². The van der Waals surface area contributed by atoms with Gasteiger partial charge in [0.1, 0.15) is 5.78 Å². The number of hydrogen-bond acceptors (Lipinski definition) is 2. The van der Waals surface area contributed by atoms with Gasteiger partial charge in [-0.15, -0.1) is 0 Å². The molecular formula is C14H25NO. The van der Waals surface area contributed by atoms with E-state index in [0.29, 0.717) is 29.7 Å². The maximum absolute atomic E-state index is 12.2. The average molecular weight is 223 g/mol. The molecule has 0 radical (unpaired) electrons. The van der Waals surface area contributed by atoms with Crippen LogP contribution in [-0.2, 0) is 4.79 Å². The minimum atomic E-state index is 0.377. The van der Waals surface area contributed by atoms with E-state index in [0.717, 1.165) is 25.7 Å². The quantitative estimate of drug-likeness (QED) is 0.730. The summed E-state index contributed by atoms with van der Waals surface area (Å²) in [6.45, 7) is 4.37. The Bertz CT molecular complexity index is 249. The van der Waals surface area contributed by atoms with Gasteiger partial charge in [0.2, 0.25) is 0 Å². The summed E-state index contributed by atoms with van der Waals surface area (Å²) in [6, 6.07) is 1.40. The lowest BCUT2D eigenvalue weighted by Gasteiger charge is -2.35. The molecule has 0 spiro atoms. The molecule has 92 valence electrons. The van der Waals surface area contributed by atoms with Crippen molar-refractivity contribution in [1.29, 1.82) is 0 Å². The number of hydrogen-bond donors (Lipinski definition) is 0. The van der Waals surface area contributed by atoms with Crippen molar-refractivity contribution in [2.75, 3.05) is 7.05 Å². The van der Waals surface area contributed by atoms with Crippen LogP contribution in [0.4, 0.5) is 0 Å². The van der Waals surface area contributed by atoms with Crippen LogP contribution in [-0.4, -0.2) is 29.8 Å². The molecule has 0 aromatic heterocycles. The van der Waals surface area contributed by atoms with E-state index >= 15 is 0 Å². The summed E-state index contributed by atoms with van der Waals surface area (Å²) in [5.41, 5.74) is 0. The molecule has 2 heterocycles. The summed E-state index contributed by atoms with van der Waals surface area (Å²) in [5.74, 6) is 1.49. The molecule has 3 atom stereocenters. The van der Waals surface area contributed by atoms with Gasteiger partial charge in [-0.05, 0) is 38.6 Å². The maximum atomic E-state index is 12.2. The topological polar surface area (TPSA) is 20.3 Å². The number of carbonyl (C=O) groups excluding carboxylic acids is 1. The van der Waals surface area contributed by atoms with E-state index in [9.17, 15) is 4.79 Å². The van der Waals surface area contributed by atoms with Gasteiger partial charge in [-0.1, -0.05) is 20.3 Å². The fourth-order valence-electron chi connectivity index (χ4n) is 3.33. The summed E-state index contributed by atoms with van der Waals surface area (Å²) in [4.78, 5) is 14.7. The van der Waals surface area contributed by atoms with E-state index < -0.39 is 0 Å². The maximum Gasteiger partial charge on any atom is 0.136 e. The second-order valence-corrected chi connectivity index (χ2v) is 5.90. The third-order valence-electron chi connectivity index (χ3n) is 4.80. The summed E-state index contributed by atoms with van der Waals surface area (Å²) in [7, 11) is 2.23. The Labute approximate surface area is 99.4 Å². The molecule has 2 heteroatoms. The first-order valence-electron chi connectivity index (χ1n) is 6.86. The van der Waals surface area contributed by atoms with Crippen LogP contribution in [0.15, 0.2) is 0 Å². The number of rotatable bonds is 4. The van der Waals surface area contributed by atoms with Crippen LogP contribution in [0, 0.1) is 11.8 Å². The lowest BCUT2D eigenvalue weighted by atomic mass is 9.84. The van der Waals surface area contributed by atoms with Crippen LogP contribution in [0.2, 0.25) is 0 Å². The van der Waals surface area contributed by atoms with Crippen molar-refractivity contribution in [2.45, 2.75) is 64.5 Å². The Morgan fingerprint density at radius 1 is 1.31 bits per heavy atom. The van der Waals surface area contributed by atoms with Crippen LogP contribution < -0.4 is 0 Å². The molecule has 2 fully saturated rings. The number of piperidine rings is 1. The Morgan fingerprint density at radius 3 is 2.38 bits per heavy atom. The highest BCUT2D eigenvalue weighted by molar-refractivity contribution is 5.81. The van der Waals surface area contributed by atoms with Gasteiger partial charge in [0.05, 0.1) is 0 Å². The van der Waals surface area contributed by atoms with Gasteiger partial charge >= 0.3 is 0 Å². The van der Waals surface area contributed by atoms with Crippen molar-refractivity contribution in [3.05, 3.63) is 0 Å². The predicted molar refractivity (Wildman–Crippen MR) is 66.4 cm³/mol. The fraction of sp³-hybridized carbons (Fsp3) is 0.929. The Hall–Kier alpha value is -0.370. The molecular weight excluding hydrogens is 198 g/mol. The van der Waals surface area contributed by atoms with E-state index in [1.807, 2.05) is 0 Å². The number of nitrogens with zero attached hydrogens (tertiary/aromatic N) is 1. The SMILES string of the molecule is CCC(C)CC(=O)C1CC2CCC(C1)N2C. The molecule has 0 aliphatic carbocycles. The number of fused-ring (bicyclic) bond motifs is 2. The van der Waals surface area contributed by atoms with Gasteiger partial charge in [-0.2, -0.15) is 0 Å². The summed E-state index contributed by atoms with van der Waals surface area (Å²) in [5, 5.41) is 0. The van der Waals surface area contributed by atoms with Gasteiger partial charge in [0, 0.05) is 24.4 Å². The molecule has 0 aromatic carbocycles. The van der Waals surface area contributed by atoms with Gasteiger partial charge in [-0.3, -0.25) is 4.79 Å². The van der Waals surface area contributed by atoms with E-state index in [1.54, 1.807) is 0 Å². The normalized spacial score (nSPS) is 36.3. The van der Waals surface area contributed by atoms with Crippen LogP contribution in [0.25, 0.3) is 0 Å². The second-order valence-electron chi connectivity index (χ2n) is 5.90. The van der Waals surface area contributed by atoms with E-state index in [1.165, 1.54) is 12.8 Å². The molecule has 2 aliphatic heterocycles. The van der Waals surface area contributed by atoms with Crippen molar-refractivity contribution in [2.24, 2.45) is 11.8 Å². The molecule has 0 aromatic rings. The molecule has 0 amide bonds. The lowest BCUT2D eigenvalue weighted by Crippen LogP contribution is -2.42. The van der Waals surface area contributed by atoms with Gasteiger partial charge in [0.15, 0.2) is 0 Å². The highest BCUT2D eigenvalue weighted by atomic mass is 16.1. The first-order chi connectivity index (χ1) is 7.61. The average Bonchev–Trinajstić information content (AvgIpc) is 2.53. The minimum Gasteiger partial charge on any atom is -0.300 e. The zero-order valence-electron chi connectivity index (χ0n) is 10.9. The molecule has 0 saturated carbocycles. The third kappa shape index (κ3) is 2.32. The van der Waals surface area contributed by atoms with Crippen molar-refractivity contribution >= 4 is 5.78 Å². The van der Waals surface area contributed by atoms with Crippen molar-refractivity contribution in [3.63, 3.8) is 0 Å². The fourth-order valence-corrected chi connectivity index (χ4v) is 3.33. The minimum absolute atomic E-state index is 0.377. The Balaban J connectivity index is 1.90. The molecule has 2 aliphatic rings. The summed E-state index contributed by atoms with van der Waals surface area (Å²) >= 11 is 0. The number of Topliss-reactive ketones (excluding diaryl/α,β-unsaturated/α-hetero) is 1. The standard InChI is InChI=1S/C14H25NO/c1-4-10(2)7-14(16)11-8-12-5-6-13(9-11)15(12)3/h10-13H,4-9H2,1-3H3. The van der Waals surface area contributed by atoms with Gasteiger partial charge in [-0.25, -0.2) is 0 Å². The highest BCUT2D eigenvalue weighted by Gasteiger charge is 2.40. The van der Waals surface area contributed by atoms with Crippen LogP contribution in [0.1, 0.15) is 52.4 Å². The smallest absolute Gasteiger partial charge is 0.136 e. The molecule has 2 rings (SSSR count). The first kappa shape index (κ1) is 12.1. The largest absolute Gasteiger partial charge is 0.300 e. The van der Waals surface area contributed by atoms with E-state index in [-0.39, 0.29) is 0 Å². The van der Waals surface area contributed by atoms with Gasteiger partial charge in [0.25, 0.3) is 0 Å². The highest BCUT2D eigenvalue weighted by Crippen LogP contribution is 2.38. The van der Waals surface area contributed by atoms with Crippen LogP contribution in [0.5, 0.6) is 0 Å². The van der Waals surface area contributed by atoms with Crippen molar-refractivity contribution < 1.29 is 4.79 Å². The number of ketones is 1. The van der Waals surface area contributed by atoms with Crippen LogP contribution in [0.3, 0.4) is 0 Å². The molecule has 2 saturated heterocycles. The van der Waals surface area contributed by atoms with Crippen molar-refractivity contribution in [1.82, 2.24) is 4.90 Å². The second kappa shape index (κ2) is 4.87. The Kier molecular flexibility index (Phi) is 3.68. The van der Waals surface area contributed by atoms with E-state index in [4.69, 9.17) is 0 Å². The first-order valence-corrected chi connectivity index (χ1v) is 6.86. The zero-order chi connectivity index (χ0) is 11.7. The summed E-state index contributed by atoms with van der Waals surface area (Å²) in [6.07, 6.45) is 6.82. The molecule has 2 bridgehead atoms. The van der Waals surface area contributed by atoms with Gasteiger partial charge < -0.3 is 4.90 Å². The third-order valence-corrected chi connectivity index (χ3v) is 4.80. The summed E-state index contributed by atoms with van der Waals surface area (Å²) < 4.78 is 0. The number of carbonyl (C=O) groups is 1. The molecule has 0 N–H and O–H groups in total. The molecule has 3 unspecified atom stereocenters. The zero-order valence-corrected chi connectivity index (χ0v) is 10.9. The lowest BCUT2D eigenvalue weighted by molar-refractivity contribution is -0.125. The monoisotopic (exact) mass is 223 g/mol. The Morgan fingerprint density at radius 2 is 1.88 bits per heavy atom. The van der Waals surface area contributed by atoms with Crippen molar-refractivity contribution in [3.8, 4) is 0 Å². The predicted octanol–water partition coefficient (Wildman–Crippen LogP) is 2.86. The van der Waals surface area contributed by atoms with Crippen LogP contribution >= 0.6 is 0 Å².